The summed E-state index contributed by atoms with van der Waals surface area (Å²) >= 11 is 5.83. The maximum Gasteiger partial charge on any atom is 0.261 e. The Morgan fingerprint density at radius 1 is 1.42 bits per heavy atom. The predicted octanol–water partition coefficient (Wildman–Crippen LogP) is 2.70. The molecule has 1 amide bonds. The molecule has 2 aromatic heterocycles. The molecular weight excluding hydrogens is 266 g/mol. The highest BCUT2D eigenvalue weighted by atomic mass is 35.5. The van der Waals surface area contributed by atoms with Gasteiger partial charge in [-0.1, -0.05) is 11.6 Å². The van der Waals surface area contributed by atoms with Gasteiger partial charge in [0.25, 0.3) is 5.91 Å². The minimum absolute atomic E-state index is 0.277. The minimum Gasteiger partial charge on any atom is -0.480 e. The molecule has 98 valence electrons. The first-order valence-corrected chi connectivity index (χ1v) is 5.92. The van der Waals surface area contributed by atoms with Crippen LogP contribution < -0.4 is 10.1 Å². The van der Waals surface area contributed by atoms with Gasteiger partial charge in [-0.05, 0) is 30.7 Å². The fourth-order valence-electron chi connectivity index (χ4n) is 1.55. The molecule has 2 aromatic rings. The van der Waals surface area contributed by atoms with Gasteiger partial charge in [-0.25, -0.2) is 9.97 Å². The maximum absolute atomic E-state index is 12.1. The molecule has 1 N–H and O–H groups in total. The summed E-state index contributed by atoms with van der Waals surface area (Å²) < 4.78 is 5.04. The Morgan fingerprint density at radius 2 is 2.21 bits per heavy atom. The lowest BCUT2D eigenvalue weighted by Crippen LogP contribution is -2.14. The van der Waals surface area contributed by atoms with Gasteiger partial charge in [0.1, 0.15) is 10.7 Å². The zero-order chi connectivity index (χ0) is 13.8. The molecule has 0 bridgehead atoms. The number of rotatable bonds is 3. The summed E-state index contributed by atoms with van der Waals surface area (Å²) in [6.07, 6.45) is 3.06. The molecule has 0 aliphatic heterocycles. The van der Waals surface area contributed by atoms with Gasteiger partial charge in [0.2, 0.25) is 5.88 Å². The van der Waals surface area contributed by atoms with Gasteiger partial charge in [0.05, 0.1) is 19.0 Å². The van der Waals surface area contributed by atoms with Crippen LogP contribution >= 0.6 is 11.6 Å². The summed E-state index contributed by atoms with van der Waals surface area (Å²) in [6, 6.07) is 5.05. The number of halogens is 1. The number of hydrogen-bond acceptors (Lipinski definition) is 4. The van der Waals surface area contributed by atoms with Crippen molar-refractivity contribution in [2.75, 3.05) is 12.4 Å². The van der Waals surface area contributed by atoms with E-state index in [2.05, 4.69) is 15.3 Å². The van der Waals surface area contributed by atoms with E-state index in [9.17, 15) is 4.79 Å². The number of hydrogen-bond donors (Lipinski definition) is 1. The number of anilines is 1. The SMILES string of the molecule is COc1ncccc1C(=O)Nc1cnc(Cl)c(C)c1. The highest BCUT2D eigenvalue weighted by Crippen LogP contribution is 2.19. The molecule has 2 heterocycles. The molecule has 6 heteroatoms. The molecule has 0 aliphatic rings. The van der Waals surface area contributed by atoms with Crippen LogP contribution in [0.5, 0.6) is 5.88 Å². The third kappa shape index (κ3) is 3.00. The molecule has 5 nitrogen and oxygen atoms in total. The summed E-state index contributed by atoms with van der Waals surface area (Å²) in [7, 11) is 1.47. The maximum atomic E-state index is 12.1. The highest BCUT2D eigenvalue weighted by molar-refractivity contribution is 6.30. The first-order chi connectivity index (χ1) is 9.11. The summed E-state index contributed by atoms with van der Waals surface area (Å²) in [4.78, 5) is 20.0. The van der Waals surface area contributed by atoms with Crippen LogP contribution in [0.25, 0.3) is 0 Å². The Morgan fingerprint density at radius 3 is 2.89 bits per heavy atom. The topological polar surface area (TPSA) is 64.1 Å². The normalized spacial score (nSPS) is 10.1. The molecule has 0 fully saturated rings. The fraction of sp³-hybridized carbons (Fsp3) is 0.154. The second kappa shape index (κ2) is 5.67. The van der Waals surface area contributed by atoms with Gasteiger partial charge >= 0.3 is 0 Å². The molecule has 19 heavy (non-hydrogen) atoms. The Labute approximate surface area is 115 Å². The van der Waals surface area contributed by atoms with Crippen LogP contribution in [0.1, 0.15) is 15.9 Å². The third-order valence-electron chi connectivity index (χ3n) is 2.48. The van der Waals surface area contributed by atoms with Crippen LogP contribution in [0.2, 0.25) is 5.15 Å². The minimum atomic E-state index is -0.312. The van der Waals surface area contributed by atoms with E-state index in [1.165, 1.54) is 13.3 Å². The molecular formula is C13H12ClN3O2. The standard InChI is InChI=1S/C13H12ClN3O2/c1-8-6-9(7-16-11(8)14)17-12(18)10-4-3-5-15-13(10)19-2/h3-7H,1-2H3,(H,17,18). The van der Waals surface area contributed by atoms with Crippen LogP contribution in [0, 0.1) is 6.92 Å². The van der Waals surface area contributed by atoms with Gasteiger partial charge in [-0.2, -0.15) is 0 Å². The van der Waals surface area contributed by atoms with Crippen molar-refractivity contribution in [3.05, 3.63) is 46.9 Å². The highest BCUT2D eigenvalue weighted by Gasteiger charge is 2.13. The predicted molar refractivity (Wildman–Crippen MR) is 72.7 cm³/mol. The van der Waals surface area contributed by atoms with Gasteiger partial charge in [0, 0.05) is 6.20 Å². The first-order valence-electron chi connectivity index (χ1n) is 5.54. The van der Waals surface area contributed by atoms with Crippen molar-refractivity contribution in [2.45, 2.75) is 6.92 Å². The number of methoxy groups -OCH3 is 1. The number of nitrogens with zero attached hydrogens (tertiary/aromatic N) is 2. The van der Waals surface area contributed by atoms with Crippen LogP contribution in [-0.2, 0) is 0 Å². The largest absolute Gasteiger partial charge is 0.480 e. The second-order valence-corrected chi connectivity index (χ2v) is 4.20. The van der Waals surface area contributed by atoms with E-state index in [0.717, 1.165) is 5.56 Å². The summed E-state index contributed by atoms with van der Waals surface area (Å²) in [5.74, 6) is -0.0351. The molecule has 0 radical (unpaired) electrons. The van der Waals surface area contributed by atoms with Gasteiger partial charge < -0.3 is 10.1 Å². The Bertz CT molecular complexity index is 617. The first kappa shape index (κ1) is 13.3. The van der Waals surface area contributed by atoms with E-state index in [1.54, 1.807) is 24.4 Å². The summed E-state index contributed by atoms with van der Waals surface area (Å²) in [5.41, 5.74) is 1.72. The zero-order valence-corrected chi connectivity index (χ0v) is 11.2. The smallest absolute Gasteiger partial charge is 0.261 e. The van der Waals surface area contributed by atoms with E-state index >= 15 is 0 Å². The quantitative estimate of drug-likeness (QED) is 0.876. The van der Waals surface area contributed by atoms with Crippen molar-refractivity contribution < 1.29 is 9.53 Å². The summed E-state index contributed by atoms with van der Waals surface area (Å²) in [6.45, 7) is 1.82. The van der Waals surface area contributed by atoms with E-state index in [-0.39, 0.29) is 11.8 Å². The molecule has 0 spiro atoms. The lowest BCUT2D eigenvalue weighted by atomic mass is 10.2. The fourth-order valence-corrected chi connectivity index (χ4v) is 1.65. The van der Waals surface area contributed by atoms with Crippen molar-refractivity contribution in [2.24, 2.45) is 0 Å². The monoisotopic (exact) mass is 277 g/mol. The molecule has 0 aromatic carbocycles. The number of aromatic nitrogens is 2. The number of ether oxygens (including phenoxy) is 1. The Hall–Kier alpha value is -2.14. The van der Waals surface area contributed by atoms with E-state index in [1.807, 2.05) is 6.92 Å². The van der Waals surface area contributed by atoms with Crippen LogP contribution in [-0.4, -0.2) is 23.0 Å². The van der Waals surface area contributed by atoms with E-state index in [0.29, 0.717) is 16.4 Å². The molecule has 0 saturated heterocycles. The van der Waals surface area contributed by atoms with Gasteiger partial charge in [-0.15, -0.1) is 0 Å². The molecule has 0 atom stereocenters. The summed E-state index contributed by atoms with van der Waals surface area (Å²) in [5, 5.41) is 3.13. The molecule has 0 aliphatic carbocycles. The lowest BCUT2D eigenvalue weighted by molar-refractivity contribution is 0.102. The molecule has 0 saturated carbocycles. The Kier molecular flexibility index (Phi) is 3.97. The number of pyridine rings is 2. The van der Waals surface area contributed by atoms with Gasteiger partial charge in [0.15, 0.2) is 0 Å². The van der Waals surface area contributed by atoms with Crippen molar-refractivity contribution >= 4 is 23.2 Å². The number of carbonyl (C=O) groups is 1. The second-order valence-electron chi connectivity index (χ2n) is 3.85. The number of nitrogens with one attached hydrogen (secondary N) is 1. The average molecular weight is 278 g/mol. The van der Waals surface area contributed by atoms with Crippen molar-refractivity contribution in [1.82, 2.24) is 9.97 Å². The van der Waals surface area contributed by atoms with Crippen LogP contribution in [0.4, 0.5) is 5.69 Å². The third-order valence-corrected chi connectivity index (χ3v) is 2.88. The van der Waals surface area contributed by atoms with E-state index in [4.69, 9.17) is 16.3 Å². The number of aryl methyl sites for hydroxylation is 1. The number of carbonyl (C=O) groups excluding carboxylic acids is 1. The Balaban J connectivity index is 2.23. The lowest BCUT2D eigenvalue weighted by Gasteiger charge is -2.08. The van der Waals surface area contributed by atoms with Crippen molar-refractivity contribution in [3.63, 3.8) is 0 Å². The average Bonchev–Trinajstić information content (AvgIpc) is 2.43. The van der Waals surface area contributed by atoms with Crippen LogP contribution in [0.15, 0.2) is 30.6 Å². The van der Waals surface area contributed by atoms with Crippen molar-refractivity contribution in [3.8, 4) is 5.88 Å². The van der Waals surface area contributed by atoms with E-state index < -0.39 is 0 Å². The molecule has 0 unspecified atom stereocenters. The van der Waals surface area contributed by atoms with Crippen LogP contribution in [0.3, 0.4) is 0 Å². The van der Waals surface area contributed by atoms with Gasteiger partial charge in [-0.3, -0.25) is 4.79 Å². The molecule has 2 rings (SSSR count). The van der Waals surface area contributed by atoms with Crippen molar-refractivity contribution in [1.29, 1.82) is 0 Å². The number of amides is 1. The zero-order valence-electron chi connectivity index (χ0n) is 10.5.